The van der Waals surface area contributed by atoms with Gasteiger partial charge >= 0.3 is 0 Å². The summed E-state index contributed by atoms with van der Waals surface area (Å²) in [6.07, 6.45) is 1.58. The van der Waals surface area contributed by atoms with Crippen LogP contribution >= 0.6 is 0 Å². The first-order valence-corrected chi connectivity index (χ1v) is 7.93. The molecule has 3 rings (SSSR count). The van der Waals surface area contributed by atoms with E-state index in [9.17, 15) is 9.90 Å². The van der Waals surface area contributed by atoms with Crippen LogP contribution in [-0.2, 0) is 6.54 Å². The Balaban J connectivity index is 0.00000100. The van der Waals surface area contributed by atoms with Gasteiger partial charge in [-0.15, -0.1) is 0 Å². The van der Waals surface area contributed by atoms with Gasteiger partial charge in [0.2, 0.25) is 0 Å². The third kappa shape index (κ3) is 3.68. The van der Waals surface area contributed by atoms with Crippen molar-refractivity contribution < 1.29 is 9.90 Å². The van der Waals surface area contributed by atoms with E-state index in [0.29, 0.717) is 17.8 Å². The predicted octanol–water partition coefficient (Wildman–Crippen LogP) is 3.60. The summed E-state index contributed by atoms with van der Waals surface area (Å²) in [6, 6.07) is 13.1. The van der Waals surface area contributed by atoms with Crippen LogP contribution in [0.1, 0.15) is 35.6 Å². The SMILES string of the molecule is CC.Cc1nc(C(=O)NCc2ccccc2)c(O)c2ncccc12. The van der Waals surface area contributed by atoms with E-state index in [-0.39, 0.29) is 11.4 Å². The number of amides is 1. The van der Waals surface area contributed by atoms with Crippen molar-refractivity contribution in [3.05, 3.63) is 65.6 Å². The fraction of sp³-hybridized carbons (Fsp3) is 0.211. The molecule has 0 saturated heterocycles. The Hall–Kier alpha value is -2.95. The Labute approximate surface area is 141 Å². The van der Waals surface area contributed by atoms with E-state index < -0.39 is 5.91 Å². The smallest absolute Gasteiger partial charge is 0.274 e. The van der Waals surface area contributed by atoms with Crippen LogP contribution in [0.3, 0.4) is 0 Å². The van der Waals surface area contributed by atoms with Gasteiger partial charge in [0.25, 0.3) is 5.91 Å². The van der Waals surface area contributed by atoms with Gasteiger partial charge in [0.05, 0.1) is 0 Å². The number of carbonyl (C=O) groups is 1. The van der Waals surface area contributed by atoms with Crippen LogP contribution in [-0.4, -0.2) is 21.0 Å². The number of pyridine rings is 2. The van der Waals surface area contributed by atoms with Crippen molar-refractivity contribution in [1.29, 1.82) is 0 Å². The standard InChI is InChI=1S/C17H15N3O2.C2H6/c1-11-13-8-5-9-18-14(13)16(21)15(20-11)17(22)19-10-12-6-3-2-4-7-12;1-2/h2-9,21H,10H2,1H3,(H,19,22);1-2H3. The third-order valence-electron chi connectivity index (χ3n) is 3.44. The highest BCUT2D eigenvalue weighted by atomic mass is 16.3. The van der Waals surface area contributed by atoms with Crippen molar-refractivity contribution in [3.63, 3.8) is 0 Å². The van der Waals surface area contributed by atoms with Crippen molar-refractivity contribution in [2.45, 2.75) is 27.3 Å². The monoisotopic (exact) mass is 323 g/mol. The quantitative estimate of drug-likeness (QED) is 0.772. The first kappa shape index (κ1) is 17.4. The highest BCUT2D eigenvalue weighted by Crippen LogP contribution is 2.27. The van der Waals surface area contributed by atoms with E-state index in [1.165, 1.54) is 0 Å². The minimum Gasteiger partial charge on any atom is -0.504 e. The van der Waals surface area contributed by atoms with Gasteiger partial charge in [-0.2, -0.15) is 0 Å². The molecular weight excluding hydrogens is 302 g/mol. The number of aromatic nitrogens is 2. The summed E-state index contributed by atoms with van der Waals surface area (Å²) in [4.78, 5) is 20.6. The van der Waals surface area contributed by atoms with Crippen LogP contribution in [0.2, 0.25) is 0 Å². The molecule has 0 unspecified atom stereocenters. The zero-order chi connectivity index (χ0) is 17.5. The second-order valence-corrected chi connectivity index (χ2v) is 4.96. The molecule has 0 bridgehead atoms. The highest BCUT2D eigenvalue weighted by Gasteiger charge is 2.18. The Bertz CT molecular complexity index is 833. The largest absolute Gasteiger partial charge is 0.504 e. The summed E-state index contributed by atoms with van der Waals surface area (Å²) in [5.41, 5.74) is 2.02. The van der Waals surface area contributed by atoms with Crippen molar-refractivity contribution in [2.24, 2.45) is 0 Å². The first-order chi connectivity index (χ1) is 11.7. The average molecular weight is 323 g/mol. The topological polar surface area (TPSA) is 75.1 Å². The summed E-state index contributed by atoms with van der Waals surface area (Å²) in [6.45, 7) is 6.16. The summed E-state index contributed by atoms with van der Waals surface area (Å²) < 4.78 is 0. The van der Waals surface area contributed by atoms with Gasteiger partial charge in [-0.05, 0) is 24.6 Å². The minimum absolute atomic E-state index is 0.000342. The van der Waals surface area contributed by atoms with Gasteiger partial charge in [-0.25, -0.2) is 4.98 Å². The van der Waals surface area contributed by atoms with Gasteiger partial charge in [0.15, 0.2) is 11.4 Å². The van der Waals surface area contributed by atoms with Crippen LogP contribution in [0.15, 0.2) is 48.7 Å². The number of carbonyl (C=O) groups excluding carboxylic acids is 1. The van der Waals surface area contributed by atoms with E-state index in [2.05, 4.69) is 15.3 Å². The Morgan fingerprint density at radius 2 is 1.83 bits per heavy atom. The Morgan fingerprint density at radius 3 is 2.54 bits per heavy atom. The molecule has 0 aliphatic heterocycles. The van der Waals surface area contributed by atoms with Crippen LogP contribution < -0.4 is 5.32 Å². The lowest BCUT2D eigenvalue weighted by Crippen LogP contribution is -2.24. The van der Waals surface area contributed by atoms with Crippen LogP contribution in [0.25, 0.3) is 10.9 Å². The van der Waals surface area contributed by atoms with Crippen molar-refractivity contribution in [2.75, 3.05) is 0 Å². The molecule has 0 radical (unpaired) electrons. The van der Waals surface area contributed by atoms with Gasteiger partial charge < -0.3 is 10.4 Å². The molecule has 0 aliphatic rings. The summed E-state index contributed by atoms with van der Waals surface area (Å²) in [5.74, 6) is -0.608. The van der Waals surface area contributed by atoms with Crippen molar-refractivity contribution in [3.8, 4) is 5.75 Å². The summed E-state index contributed by atoms with van der Waals surface area (Å²) >= 11 is 0. The lowest BCUT2D eigenvalue weighted by molar-refractivity contribution is 0.0943. The lowest BCUT2D eigenvalue weighted by Gasteiger charge is -2.09. The fourth-order valence-corrected chi connectivity index (χ4v) is 2.30. The van der Waals surface area contributed by atoms with Gasteiger partial charge in [-0.1, -0.05) is 44.2 Å². The van der Waals surface area contributed by atoms with E-state index in [1.807, 2.05) is 50.2 Å². The average Bonchev–Trinajstić information content (AvgIpc) is 2.65. The summed E-state index contributed by atoms with van der Waals surface area (Å²) in [5, 5.41) is 13.8. The van der Waals surface area contributed by atoms with Gasteiger partial charge in [0, 0.05) is 23.8 Å². The van der Waals surface area contributed by atoms with Crippen LogP contribution in [0.5, 0.6) is 5.75 Å². The van der Waals surface area contributed by atoms with E-state index in [4.69, 9.17) is 0 Å². The number of fused-ring (bicyclic) bond motifs is 1. The van der Waals surface area contributed by atoms with Gasteiger partial charge in [-0.3, -0.25) is 9.78 Å². The number of benzene rings is 1. The Morgan fingerprint density at radius 1 is 1.12 bits per heavy atom. The number of rotatable bonds is 3. The molecular formula is C19H21N3O2. The second kappa shape index (κ2) is 8.06. The molecule has 5 heteroatoms. The molecule has 5 nitrogen and oxygen atoms in total. The third-order valence-corrected chi connectivity index (χ3v) is 3.44. The molecule has 2 aromatic heterocycles. The summed E-state index contributed by atoms with van der Waals surface area (Å²) in [7, 11) is 0. The maximum atomic E-state index is 12.3. The maximum absolute atomic E-state index is 12.3. The first-order valence-electron chi connectivity index (χ1n) is 7.93. The molecule has 2 N–H and O–H groups in total. The van der Waals surface area contributed by atoms with Gasteiger partial charge in [0.1, 0.15) is 5.52 Å². The van der Waals surface area contributed by atoms with Crippen molar-refractivity contribution >= 4 is 16.8 Å². The molecule has 3 aromatic rings. The number of aryl methyl sites for hydroxylation is 1. The predicted molar refractivity (Wildman–Crippen MR) is 94.9 cm³/mol. The number of hydrogen-bond donors (Lipinski definition) is 2. The molecule has 1 amide bonds. The van der Waals surface area contributed by atoms with Crippen LogP contribution in [0.4, 0.5) is 0 Å². The molecule has 124 valence electrons. The highest BCUT2D eigenvalue weighted by molar-refractivity contribution is 6.00. The zero-order valence-electron chi connectivity index (χ0n) is 14.1. The number of hydrogen-bond acceptors (Lipinski definition) is 4. The molecule has 24 heavy (non-hydrogen) atoms. The fourth-order valence-electron chi connectivity index (χ4n) is 2.30. The minimum atomic E-state index is -0.419. The number of aromatic hydroxyl groups is 1. The molecule has 0 saturated carbocycles. The van der Waals surface area contributed by atoms with Crippen molar-refractivity contribution in [1.82, 2.24) is 15.3 Å². The van der Waals surface area contributed by atoms with E-state index >= 15 is 0 Å². The molecule has 2 heterocycles. The maximum Gasteiger partial charge on any atom is 0.274 e. The van der Waals surface area contributed by atoms with E-state index in [0.717, 1.165) is 10.9 Å². The molecule has 0 atom stereocenters. The second-order valence-electron chi connectivity index (χ2n) is 4.96. The molecule has 0 spiro atoms. The molecule has 1 aromatic carbocycles. The Kier molecular flexibility index (Phi) is 5.84. The normalized spacial score (nSPS) is 9.96. The lowest BCUT2D eigenvalue weighted by atomic mass is 10.1. The van der Waals surface area contributed by atoms with E-state index in [1.54, 1.807) is 19.2 Å². The number of nitrogens with zero attached hydrogens (tertiary/aromatic N) is 2. The molecule has 0 fully saturated rings. The zero-order valence-corrected chi connectivity index (χ0v) is 14.1. The molecule has 0 aliphatic carbocycles. The number of nitrogens with one attached hydrogen (secondary N) is 1. The van der Waals surface area contributed by atoms with Crippen LogP contribution in [0, 0.1) is 6.92 Å².